The second-order valence-electron chi connectivity index (χ2n) is 4.11. The van der Waals surface area contributed by atoms with Crippen LogP contribution in [0.5, 0.6) is 0 Å². The number of nitrogens with zero attached hydrogens (tertiary/aromatic N) is 1. The first-order valence-corrected chi connectivity index (χ1v) is 5.88. The van der Waals surface area contributed by atoms with Crippen LogP contribution in [0.1, 0.15) is 5.56 Å². The van der Waals surface area contributed by atoms with Gasteiger partial charge in [0.2, 0.25) is 0 Å². The summed E-state index contributed by atoms with van der Waals surface area (Å²) in [6.07, 6.45) is -0.104. The largest absolute Gasteiger partial charge is 0.365 e. The van der Waals surface area contributed by atoms with Crippen molar-refractivity contribution in [3.63, 3.8) is 0 Å². The number of aryl methyl sites for hydroxylation is 1. The molecule has 0 radical (unpaired) electrons. The van der Waals surface area contributed by atoms with Gasteiger partial charge in [-0.15, -0.1) is 0 Å². The number of morpholine rings is 1. The zero-order chi connectivity index (χ0) is 12.4. The highest BCUT2D eigenvalue weighted by atomic mass is 35.5. The van der Waals surface area contributed by atoms with Crippen molar-refractivity contribution in [3.8, 4) is 0 Å². The Balaban J connectivity index is 2.24. The van der Waals surface area contributed by atoms with Crippen molar-refractivity contribution in [1.29, 1.82) is 0 Å². The Kier molecular flexibility index (Phi) is 3.66. The number of ether oxygens (including phenoxy) is 1. The van der Waals surface area contributed by atoms with Crippen molar-refractivity contribution in [1.82, 2.24) is 0 Å². The predicted molar refractivity (Wildman–Crippen MR) is 67.3 cm³/mol. The Bertz CT molecular complexity index is 437. The highest BCUT2D eigenvalue weighted by molar-refractivity contribution is 6.31. The Labute approximate surface area is 105 Å². The van der Waals surface area contributed by atoms with Crippen LogP contribution < -0.4 is 10.6 Å². The van der Waals surface area contributed by atoms with E-state index in [-0.39, 0.29) is 18.6 Å². The van der Waals surface area contributed by atoms with E-state index in [2.05, 4.69) is 0 Å². The van der Waals surface area contributed by atoms with Crippen LogP contribution in [-0.2, 0) is 9.53 Å². The zero-order valence-corrected chi connectivity index (χ0v) is 10.4. The first kappa shape index (κ1) is 12.4. The highest BCUT2D eigenvalue weighted by Gasteiger charge is 2.26. The summed E-state index contributed by atoms with van der Waals surface area (Å²) in [6, 6.07) is 5.59. The minimum Gasteiger partial charge on any atom is -0.365 e. The Morgan fingerprint density at radius 2 is 2.35 bits per heavy atom. The molecule has 1 atom stereocenters. The third kappa shape index (κ3) is 2.60. The van der Waals surface area contributed by atoms with E-state index in [0.717, 1.165) is 11.3 Å². The summed E-state index contributed by atoms with van der Waals surface area (Å²) in [6.45, 7) is 2.89. The lowest BCUT2D eigenvalue weighted by molar-refractivity contribution is -0.128. The van der Waals surface area contributed by atoms with Crippen molar-refractivity contribution >= 4 is 23.2 Å². The zero-order valence-electron chi connectivity index (χ0n) is 9.65. The number of anilines is 1. The topological polar surface area (TPSA) is 55.6 Å². The van der Waals surface area contributed by atoms with Gasteiger partial charge in [-0.05, 0) is 24.6 Å². The number of hydrogen-bond acceptors (Lipinski definition) is 3. The van der Waals surface area contributed by atoms with Crippen LogP contribution in [0.4, 0.5) is 5.69 Å². The highest BCUT2D eigenvalue weighted by Crippen LogP contribution is 2.24. The molecule has 2 rings (SSSR count). The van der Waals surface area contributed by atoms with Crippen molar-refractivity contribution in [2.24, 2.45) is 5.73 Å². The van der Waals surface area contributed by atoms with Crippen LogP contribution in [0.2, 0.25) is 5.02 Å². The van der Waals surface area contributed by atoms with E-state index in [9.17, 15) is 4.79 Å². The van der Waals surface area contributed by atoms with Gasteiger partial charge in [-0.1, -0.05) is 17.7 Å². The van der Waals surface area contributed by atoms with E-state index in [1.54, 1.807) is 11.0 Å². The van der Waals surface area contributed by atoms with E-state index in [1.807, 2.05) is 19.1 Å². The van der Waals surface area contributed by atoms with Gasteiger partial charge in [0.05, 0.1) is 12.6 Å². The van der Waals surface area contributed by atoms with E-state index >= 15 is 0 Å². The number of benzene rings is 1. The molecule has 0 spiro atoms. The molecule has 17 heavy (non-hydrogen) atoms. The van der Waals surface area contributed by atoms with Crippen LogP contribution in [0.25, 0.3) is 0 Å². The molecule has 1 aromatic rings. The number of rotatable bonds is 2. The van der Waals surface area contributed by atoms with Crippen molar-refractivity contribution in [3.05, 3.63) is 28.8 Å². The molecule has 1 aliphatic rings. The number of hydrogen-bond donors (Lipinski definition) is 1. The molecule has 2 N–H and O–H groups in total. The first-order valence-electron chi connectivity index (χ1n) is 5.50. The van der Waals surface area contributed by atoms with Gasteiger partial charge in [-0.25, -0.2) is 0 Å². The number of amides is 1. The predicted octanol–water partition coefficient (Wildman–Crippen LogP) is 1.34. The van der Waals surface area contributed by atoms with E-state index in [4.69, 9.17) is 22.1 Å². The minimum absolute atomic E-state index is 0.0605. The van der Waals surface area contributed by atoms with E-state index < -0.39 is 0 Å². The molecule has 5 heteroatoms. The van der Waals surface area contributed by atoms with Gasteiger partial charge < -0.3 is 15.4 Å². The van der Waals surface area contributed by atoms with E-state index in [1.165, 1.54) is 0 Å². The molecule has 0 saturated carbocycles. The molecule has 1 aliphatic heterocycles. The number of carbonyl (C=O) groups excluding carboxylic acids is 1. The molecule has 0 aliphatic carbocycles. The van der Waals surface area contributed by atoms with Crippen LogP contribution in [0, 0.1) is 6.92 Å². The lowest BCUT2D eigenvalue weighted by Gasteiger charge is -2.32. The van der Waals surface area contributed by atoms with E-state index in [0.29, 0.717) is 18.1 Å². The molecule has 0 aromatic heterocycles. The molecule has 0 bridgehead atoms. The van der Waals surface area contributed by atoms with Crippen molar-refractivity contribution < 1.29 is 9.53 Å². The molecule has 92 valence electrons. The van der Waals surface area contributed by atoms with Gasteiger partial charge in [0, 0.05) is 17.3 Å². The fourth-order valence-electron chi connectivity index (χ4n) is 1.77. The van der Waals surface area contributed by atoms with Gasteiger partial charge in [0.25, 0.3) is 5.91 Å². The third-order valence-electron chi connectivity index (χ3n) is 2.86. The Hall–Kier alpha value is -1.10. The molecule has 1 amide bonds. The molecule has 1 unspecified atom stereocenters. The quantitative estimate of drug-likeness (QED) is 0.867. The normalized spacial score (nSPS) is 20.8. The average molecular weight is 255 g/mol. The molecule has 1 saturated heterocycles. The lowest BCUT2D eigenvalue weighted by Crippen LogP contribution is -2.49. The van der Waals surface area contributed by atoms with Gasteiger partial charge in [0.15, 0.2) is 0 Å². The van der Waals surface area contributed by atoms with Crippen LogP contribution in [0.3, 0.4) is 0 Å². The average Bonchev–Trinajstić information content (AvgIpc) is 2.33. The maximum Gasteiger partial charge on any atom is 0.253 e. The monoisotopic (exact) mass is 254 g/mol. The summed E-state index contributed by atoms with van der Waals surface area (Å²) in [7, 11) is 0. The fourth-order valence-corrected chi connectivity index (χ4v) is 1.94. The molecule has 1 aromatic carbocycles. The van der Waals surface area contributed by atoms with Crippen molar-refractivity contribution in [2.45, 2.75) is 13.0 Å². The summed E-state index contributed by atoms with van der Waals surface area (Å²) in [5.41, 5.74) is 7.34. The van der Waals surface area contributed by atoms with Gasteiger partial charge in [-0.3, -0.25) is 4.79 Å². The second kappa shape index (κ2) is 5.04. The lowest BCUT2D eigenvalue weighted by atomic mass is 10.2. The number of halogens is 1. The Morgan fingerprint density at radius 1 is 1.59 bits per heavy atom. The summed E-state index contributed by atoms with van der Waals surface area (Å²) in [5.74, 6) is -0.0605. The molecule has 4 nitrogen and oxygen atoms in total. The van der Waals surface area contributed by atoms with Crippen molar-refractivity contribution in [2.75, 3.05) is 24.6 Å². The smallest absolute Gasteiger partial charge is 0.253 e. The summed E-state index contributed by atoms with van der Waals surface area (Å²) >= 11 is 6.06. The van der Waals surface area contributed by atoms with Gasteiger partial charge >= 0.3 is 0 Å². The summed E-state index contributed by atoms with van der Waals surface area (Å²) < 4.78 is 5.30. The first-order chi connectivity index (χ1) is 8.11. The molecule has 1 heterocycles. The fraction of sp³-hybridized carbons (Fsp3) is 0.417. The van der Waals surface area contributed by atoms with Crippen LogP contribution in [0.15, 0.2) is 18.2 Å². The molecule has 1 fully saturated rings. The van der Waals surface area contributed by atoms with Gasteiger partial charge in [0.1, 0.15) is 6.61 Å². The SMILES string of the molecule is Cc1ccc(N2CC(CN)OCC2=O)cc1Cl. The number of nitrogens with two attached hydrogens (primary N) is 1. The van der Waals surface area contributed by atoms with Crippen LogP contribution >= 0.6 is 11.6 Å². The standard InChI is InChI=1S/C12H15ClN2O2/c1-8-2-3-9(4-11(8)13)15-6-10(5-14)17-7-12(15)16/h2-4,10H,5-7,14H2,1H3. The molecular formula is C12H15ClN2O2. The second-order valence-corrected chi connectivity index (χ2v) is 4.51. The Morgan fingerprint density at radius 3 is 3.00 bits per heavy atom. The maximum atomic E-state index is 11.8. The van der Waals surface area contributed by atoms with Crippen LogP contribution in [-0.4, -0.2) is 31.7 Å². The maximum absolute atomic E-state index is 11.8. The minimum atomic E-state index is -0.104. The molecular weight excluding hydrogens is 240 g/mol. The number of carbonyl (C=O) groups is 1. The van der Waals surface area contributed by atoms with Gasteiger partial charge in [-0.2, -0.15) is 0 Å². The summed E-state index contributed by atoms with van der Waals surface area (Å²) in [4.78, 5) is 13.4. The summed E-state index contributed by atoms with van der Waals surface area (Å²) in [5, 5.41) is 0.658. The third-order valence-corrected chi connectivity index (χ3v) is 3.27.